The van der Waals surface area contributed by atoms with Crippen LogP contribution in [0.5, 0.6) is 0 Å². The van der Waals surface area contributed by atoms with Crippen LogP contribution in [-0.4, -0.2) is 35.3 Å². The number of carbonyl (C=O) groups is 1. The second kappa shape index (κ2) is 6.10. The molecule has 5 nitrogen and oxygen atoms in total. The fourth-order valence-corrected chi connectivity index (χ4v) is 2.62. The van der Waals surface area contributed by atoms with E-state index in [1.54, 1.807) is 6.07 Å². The molecule has 21 heavy (non-hydrogen) atoms. The second-order valence-electron chi connectivity index (χ2n) is 5.25. The Balaban J connectivity index is 1.86. The van der Waals surface area contributed by atoms with Crippen LogP contribution < -0.4 is 5.32 Å². The van der Waals surface area contributed by atoms with Crippen LogP contribution >= 0.6 is 0 Å². The highest BCUT2D eigenvalue weighted by molar-refractivity contribution is 5.97. The number of pyridine rings is 1. The first-order valence-corrected chi connectivity index (χ1v) is 7.22. The van der Waals surface area contributed by atoms with E-state index in [2.05, 4.69) is 10.3 Å². The minimum atomic E-state index is -1.02. The number of carboxylic acid groups (broad SMARTS) is 1. The van der Waals surface area contributed by atoms with Crippen molar-refractivity contribution in [3.8, 4) is 0 Å². The van der Waals surface area contributed by atoms with Gasteiger partial charge in [-0.2, -0.15) is 0 Å². The van der Waals surface area contributed by atoms with Crippen LogP contribution in [0.4, 0.5) is 5.69 Å². The van der Waals surface area contributed by atoms with Gasteiger partial charge in [0.15, 0.2) is 5.69 Å². The number of nitrogens with one attached hydrogen (secondary N) is 1. The standard InChI is InChI=1S/C16H18N2O3/c19-16(20)15-9-14(12-6-1-2-7-13(12)18-15)17-10-11-5-3-4-8-21-11/h1-2,6-7,9,11H,3-5,8,10H2,(H,17,18)(H,19,20). The number of ether oxygens (including phenoxy) is 1. The maximum atomic E-state index is 11.2. The lowest BCUT2D eigenvalue weighted by Gasteiger charge is -2.23. The molecule has 0 aliphatic carbocycles. The van der Waals surface area contributed by atoms with Crippen molar-refractivity contribution < 1.29 is 14.6 Å². The molecule has 1 unspecified atom stereocenters. The van der Waals surface area contributed by atoms with Gasteiger partial charge in [0.1, 0.15) is 0 Å². The third-order valence-corrected chi connectivity index (χ3v) is 3.73. The Kier molecular flexibility index (Phi) is 4.01. The van der Waals surface area contributed by atoms with Crippen LogP contribution in [0.25, 0.3) is 10.9 Å². The monoisotopic (exact) mass is 286 g/mol. The molecule has 1 fully saturated rings. The largest absolute Gasteiger partial charge is 0.477 e. The van der Waals surface area contributed by atoms with E-state index in [-0.39, 0.29) is 11.8 Å². The number of hydrogen-bond donors (Lipinski definition) is 2. The first-order chi connectivity index (χ1) is 10.2. The molecule has 5 heteroatoms. The minimum Gasteiger partial charge on any atom is -0.477 e. The molecule has 1 aliphatic heterocycles. The van der Waals surface area contributed by atoms with E-state index in [9.17, 15) is 9.90 Å². The topological polar surface area (TPSA) is 71.5 Å². The van der Waals surface area contributed by atoms with E-state index in [1.807, 2.05) is 24.3 Å². The maximum absolute atomic E-state index is 11.2. The second-order valence-corrected chi connectivity index (χ2v) is 5.25. The average molecular weight is 286 g/mol. The van der Waals surface area contributed by atoms with E-state index in [4.69, 9.17) is 4.74 Å². The fraction of sp³-hybridized carbons (Fsp3) is 0.375. The van der Waals surface area contributed by atoms with E-state index in [0.717, 1.165) is 30.5 Å². The van der Waals surface area contributed by atoms with Crippen LogP contribution in [0.2, 0.25) is 0 Å². The summed E-state index contributed by atoms with van der Waals surface area (Å²) in [6.07, 6.45) is 3.54. The molecular weight excluding hydrogens is 268 g/mol. The number of anilines is 1. The van der Waals surface area contributed by atoms with Crippen molar-refractivity contribution in [1.82, 2.24) is 4.98 Å². The predicted molar refractivity (Wildman–Crippen MR) is 80.8 cm³/mol. The zero-order valence-corrected chi connectivity index (χ0v) is 11.7. The van der Waals surface area contributed by atoms with E-state index in [1.165, 1.54) is 6.42 Å². The van der Waals surface area contributed by atoms with Gasteiger partial charge in [0, 0.05) is 24.2 Å². The molecule has 1 aliphatic rings. The Morgan fingerprint density at radius 1 is 1.38 bits per heavy atom. The van der Waals surface area contributed by atoms with Crippen molar-refractivity contribution in [2.24, 2.45) is 0 Å². The van der Waals surface area contributed by atoms with Gasteiger partial charge in [0.2, 0.25) is 0 Å². The van der Waals surface area contributed by atoms with Gasteiger partial charge in [0.05, 0.1) is 11.6 Å². The molecule has 3 rings (SSSR count). The number of aromatic carboxylic acids is 1. The van der Waals surface area contributed by atoms with Crippen molar-refractivity contribution in [2.45, 2.75) is 25.4 Å². The zero-order chi connectivity index (χ0) is 14.7. The van der Waals surface area contributed by atoms with E-state index < -0.39 is 5.97 Å². The Bertz CT molecular complexity index is 651. The van der Waals surface area contributed by atoms with Crippen molar-refractivity contribution in [3.05, 3.63) is 36.0 Å². The lowest BCUT2D eigenvalue weighted by molar-refractivity contribution is 0.0248. The van der Waals surface area contributed by atoms with Crippen LogP contribution in [0.3, 0.4) is 0 Å². The average Bonchev–Trinajstić information content (AvgIpc) is 2.53. The Labute approximate surface area is 123 Å². The molecule has 1 aromatic carbocycles. The number of aromatic nitrogens is 1. The molecule has 1 saturated heterocycles. The number of carboxylic acids is 1. The molecule has 0 saturated carbocycles. The molecule has 1 aromatic heterocycles. The summed E-state index contributed by atoms with van der Waals surface area (Å²) in [5.41, 5.74) is 1.54. The van der Waals surface area contributed by atoms with Crippen molar-refractivity contribution >= 4 is 22.6 Å². The molecule has 2 aromatic rings. The molecule has 0 radical (unpaired) electrons. The molecule has 1 atom stereocenters. The molecular formula is C16H18N2O3. The van der Waals surface area contributed by atoms with Crippen LogP contribution in [0, 0.1) is 0 Å². The number of benzene rings is 1. The van der Waals surface area contributed by atoms with Gasteiger partial charge in [0.25, 0.3) is 0 Å². The Morgan fingerprint density at radius 3 is 3.00 bits per heavy atom. The summed E-state index contributed by atoms with van der Waals surface area (Å²) in [6, 6.07) is 9.14. The highest BCUT2D eigenvalue weighted by Gasteiger charge is 2.15. The van der Waals surface area contributed by atoms with Crippen molar-refractivity contribution in [2.75, 3.05) is 18.5 Å². The lowest BCUT2D eigenvalue weighted by atomic mass is 10.1. The highest BCUT2D eigenvalue weighted by Crippen LogP contribution is 2.24. The maximum Gasteiger partial charge on any atom is 0.354 e. The first kappa shape index (κ1) is 13.8. The number of para-hydroxylation sites is 1. The highest BCUT2D eigenvalue weighted by atomic mass is 16.5. The van der Waals surface area contributed by atoms with E-state index >= 15 is 0 Å². The summed E-state index contributed by atoms with van der Waals surface area (Å²) >= 11 is 0. The van der Waals surface area contributed by atoms with Crippen molar-refractivity contribution in [3.63, 3.8) is 0 Å². The van der Waals surface area contributed by atoms with Gasteiger partial charge in [-0.1, -0.05) is 18.2 Å². The summed E-state index contributed by atoms with van der Waals surface area (Å²) in [6.45, 7) is 1.50. The lowest BCUT2D eigenvalue weighted by Crippen LogP contribution is -2.27. The summed E-state index contributed by atoms with van der Waals surface area (Å²) in [4.78, 5) is 15.3. The quantitative estimate of drug-likeness (QED) is 0.904. The summed E-state index contributed by atoms with van der Waals surface area (Å²) < 4.78 is 5.69. The predicted octanol–water partition coefficient (Wildman–Crippen LogP) is 2.91. The fourth-order valence-electron chi connectivity index (χ4n) is 2.62. The van der Waals surface area contributed by atoms with Gasteiger partial charge in [-0.25, -0.2) is 9.78 Å². The third kappa shape index (κ3) is 3.13. The SMILES string of the molecule is O=C(O)c1cc(NCC2CCCCO2)c2ccccc2n1. The number of nitrogens with zero attached hydrogens (tertiary/aromatic N) is 1. The molecule has 0 bridgehead atoms. The van der Waals surface area contributed by atoms with E-state index in [0.29, 0.717) is 12.1 Å². The summed E-state index contributed by atoms with van der Waals surface area (Å²) in [5, 5.41) is 13.4. The molecule has 0 spiro atoms. The molecule has 0 amide bonds. The third-order valence-electron chi connectivity index (χ3n) is 3.73. The minimum absolute atomic E-state index is 0.0563. The van der Waals surface area contributed by atoms with Gasteiger partial charge >= 0.3 is 5.97 Å². The molecule has 2 heterocycles. The smallest absolute Gasteiger partial charge is 0.354 e. The van der Waals surface area contributed by atoms with Crippen LogP contribution in [0.1, 0.15) is 29.8 Å². The molecule has 110 valence electrons. The summed E-state index contributed by atoms with van der Waals surface area (Å²) in [7, 11) is 0. The molecule has 2 N–H and O–H groups in total. The Morgan fingerprint density at radius 2 is 2.24 bits per heavy atom. The number of fused-ring (bicyclic) bond motifs is 1. The first-order valence-electron chi connectivity index (χ1n) is 7.22. The zero-order valence-electron chi connectivity index (χ0n) is 11.7. The summed E-state index contributed by atoms with van der Waals surface area (Å²) in [5.74, 6) is -1.02. The van der Waals surface area contributed by atoms with Crippen molar-refractivity contribution in [1.29, 1.82) is 0 Å². The van der Waals surface area contributed by atoms with Gasteiger partial charge in [-0.3, -0.25) is 0 Å². The normalized spacial score (nSPS) is 18.6. The Hall–Kier alpha value is -2.14. The van der Waals surface area contributed by atoms with Gasteiger partial charge < -0.3 is 15.2 Å². The van der Waals surface area contributed by atoms with Crippen LogP contribution in [-0.2, 0) is 4.74 Å². The van der Waals surface area contributed by atoms with Gasteiger partial charge in [-0.15, -0.1) is 0 Å². The number of rotatable bonds is 4. The number of hydrogen-bond acceptors (Lipinski definition) is 4. The van der Waals surface area contributed by atoms with Gasteiger partial charge in [-0.05, 0) is 31.4 Å². The van der Waals surface area contributed by atoms with Crippen LogP contribution in [0.15, 0.2) is 30.3 Å².